The lowest BCUT2D eigenvalue weighted by Crippen LogP contribution is -2.49. The molecular weight excluding hydrogens is 258 g/mol. The highest BCUT2D eigenvalue weighted by Crippen LogP contribution is 2.17. The highest BCUT2D eigenvalue weighted by Gasteiger charge is 2.18. The first-order chi connectivity index (χ1) is 9.02. The van der Waals surface area contributed by atoms with E-state index in [0.29, 0.717) is 17.7 Å². The van der Waals surface area contributed by atoms with Crippen molar-refractivity contribution in [3.63, 3.8) is 0 Å². The number of carbonyl (C=O) groups is 1. The summed E-state index contributed by atoms with van der Waals surface area (Å²) in [4.78, 5) is 13.7. The van der Waals surface area contributed by atoms with Gasteiger partial charge in [-0.25, -0.2) is 0 Å². The summed E-state index contributed by atoms with van der Waals surface area (Å²) in [7, 11) is 0. The summed E-state index contributed by atoms with van der Waals surface area (Å²) in [6, 6.07) is 0.662. The second-order valence-electron chi connectivity index (χ2n) is 5.52. The zero-order chi connectivity index (χ0) is 14.3. The van der Waals surface area contributed by atoms with Crippen molar-refractivity contribution in [2.45, 2.75) is 65.0 Å². The van der Waals surface area contributed by atoms with Gasteiger partial charge in [-0.1, -0.05) is 19.3 Å². The summed E-state index contributed by atoms with van der Waals surface area (Å²) in [5.41, 5.74) is 0. The fourth-order valence-corrected chi connectivity index (χ4v) is 2.74. The Morgan fingerprint density at radius 2 is 1.95 bits per heavy atom. The molecule has 0 heterocycles. The van der Waals surface area contributed by atoms with Crippen molar-refractivity contribution in [1.29, 1.82) is 0 Å². The minimum atomic E-state index is 0.0321. The molecule has 1 aliphatic carbocycles. The van der Waals surface area contributed by atoms with E-state index in [2.05, 4.69) is 10.6 Å². The molecule has 1 fully saturated rings. The van der Waals surface area contributed by atoms with Gasteiger partial charge in [0.25, 0.3) is 0 Å². The Labute approximate surface area is 122 Å². The first-order valence-corrected chi connectivity index (χ1v) is 7.78. The molecule has 0 saturated heterocycles. The van der Waals surface area contributed by atoms with Gasteiger partial charge in [0.2, 0.25) is 5.91 Å². The second kappa shape index (κ2) is 8.35. The van der Waals surface area contributed by atoms with Crippen LogP contribution in [0.1, 0.15) is 52.9 Å². The molecule has 1 saturated carbocycles. The molecule has 0 aromatic heterocycles. The molecule has 0 aromatic rings. The van der Waals surface area contributed by atoms with Crippen LogP contribution in [0.4, 0.5) is 0 Å². The Kier molecular flexibility index (Phi) is 7.13. The standard InChI is InChI=1S/C14H27N3OS/c1-4-17(10-13(18)15-11(2)3)14(19)16-12-8-6-5-7-9-12/h11-12H,4-10H2,1-3H3,(H,15,18)(H,16,19). The number of amides is 1. The minimum absolute atomic E-state index is 0.0321. The van der Waals surface area contributed by atoms with Crippen LogP contribution in [0.25, 0.3) is 0 Å². The maximum Gasteiger partial charge on any atom is 0.239 e. The molecule has 2 N–H and O–H groups in total. The smallest absolute Gasteiger partial charge is 0.239 e. The summed E-state index contributed by atoms with van der Waals surface area (Å²) in [6.45, 7) is 7.05. The summed E-state index contributed by atoms with van der Waals surface area (Å²) >= 11 is 5.42. The quantitative estimate of drug-likeness (QED) is 0.759. The summed E-state index contributed by atoms with van der Waals surface area (Å²) < 4.78 is 0. The third-order valence-electron chi connectivity index (χ3n) is 3.39. The van der Waals surface area contributed by atoms with E-state index < -0.39 is 0 Å². The van der Waals surface area contributed by atoms with E-state index >= 15 is 0 Å². The summed E-state index contributed by atoms with van der Waals surface area (Å²) in [5, 5.41) is 7.02. The Hall–Kier alpha value is -0.840. The Balaban J connectivity index is 2.39. The van der Waals surface area contributed by atoms with Crippen LogP contribution in [0.3, 0.4) is 0 Å². The lowest BCUT2D eigenvalue weighted by atomic mass is 9.96. The molecule has 0 unspecified atom stereocenters. The van der Waals surface area contributed by atoms with Crippen molar-refractivity contribution in [1.82, 2.24) is 15.5 Å². The Morgan fingerprint density at radius 1 is 1.32 bits per heavy atom. The first-order valence-electron chi connectivity index (χ1n) is 7.37. The van der Waals surface area contributed by atoms with Crippen LogP contribution in [0.2, 0.25) is 0 Å². The monoisotopic (exact) mass is 285 g/mol. The van der Waals surface area contributed by atoms with Crippen LogP contribution >= 0.6 is 12.2 Å². The van der Waals surface area contributed by atoms with Gasteiger partial charge in [-0.05, 0) is 45.8 Å². The van der Waals surface area contributed by atoms with Gasteiger partial charge in [-0.2, -0.15) is 0 Å². The predicted molar refractivity (Wildman–Crippen MR) is 83.1 cm³/mol. The third-order valence-corrected chi connectivity index (χ3v) is 3.76. The number of nitrogens with zero attached hydrogens (tertiary/aromatic N) is 1. The van der Waals surface area contributed by atoms with Crippen molar-refractivity contribution in [3.05, 3.63) is 0 Å². The van der Waals surface area contributed by atoms with Crippen LogP contribution in [0.15, 0.2) is 0 Å². The number of rotatable bonds is 5. The van der Waals surface area contributed by atoms with Crippen LogP contribution in [-0.2, 0) is 4.79 Å². The van der Waals surface area contributed by atoms with Gasteiger partial charge in [0, 0.05) is 18.6 Å². The van der Waals surface area contributed by atoms with E-state index in [1.54, 1.807) is 0 Å². The molecule has 5 heteroatoms. The number of nitrogens with one attached hydrogen (secondary N) is 2. The van der Waals surface area contributed by atoms with Gasteiger partial charge in [0.15, 0.2) is 5.11 Å². The molecule has 0 spiro atoms. The molecular formula is C14H27N3OS. The molecule has 0 radical (unpaired) electrons. The largest absolute Gasteiger partial charge is 0.360 e. The topological polar surface area (TPSA) is 44.4 Å². The maximum absolute atomic E-state index is 11.8. The van der Waals surface area contributed by atoms with Gasteiger partial charge in [-0.15, -0.1) is 0 Å². The maximum atomic E-state index is 11.8. The normalized spacial score (nSPS) is 16.2. The molecule has 0 aromatic carbocycles. The van der Waals surface area contributed by atoms with Crippen molar-refractivity contribution in [2.24, 2.45) is 0 Å². The fourth-order valence-electron chi connectivity index (χ4n) is 2.38. The molecule has 0 atom stereocenters. The number of thiocarbonyl (C=S) groups is 1. The molecule has 1 aliphatic rings. The number of hydrogen-bond donors (Lipinski definition) is 2. The van der Waals surface area contributed by atoms with E-state index in [1.807, 2.05) is 25.7 Å². The van der Waals surface area contributed by atoms with E-state index in [-0.39, 0.29) is 11.9 Å². The van der Waals surface area contributed by atoms with Crippen LogP contribution in [0.5, 0.6) is 0 Å². The highest BCUT2D eigenvalue weighted by molar-refractivity contribution is 7.80. The average Bonchev–Trinajstić information content (AvgIpc) is 2.36. The van der Waals surface area contributed by atoms with E-state index in [4.69, 9.17) is 12.2 Å². The molecule has 1 amide bonds. The molecule has 19 heavy (non-hydrogen) atoms. The van der Waals surface area contributed by atoms with Crippen LogP contribution in [0, 0.1) is 0 Å². The van der Waals surface area contributed by atoms with Crippen molar-refractivity contribution in [3.8, 4) is 0 Å². The van der Waals surface area contributed by atoms with Crippen molar-refractivity contribution in [2.75, 3.05) is 13.1 Å². The Bertz CT molecular complexity index is 301. The zero-order valence-electron chi connectivity index (χ0n) is 12.4. The van der Waals surface area contributed by atoms with Crippen LogP contribution < -0.4 is 10.6 Å². The molecule has 0 aliphatic heterocycles. The molecule has 1 rings (SSSR count). The lowest BCUT2D eigenvalue weighted by Gasteiger charge is -2.30. The van der Waals surface area contributed by atoms with E-state index in [0.717, 1.165) is 6.54 Å². The fraction of sp³-hybridized carbons (Fsp3) is 0.857. The SMILES string of the molecule is CCN(CC(=O)NC(C)C)C(=S)NC1CCCCC1. The number of hydrogen-bond acceptors (Lipinski definition) is 2. The highest BCUT2D eigenvalue weighted by atomic mass is 32.1. The van der Waals surface area contributed by atoms with Gasteiger partial charge in [0.1, 0.15) is 0 Å². The predicted octanol–water partition coefficient (Wildman–Crippen LogP) is 2.04. The summed E-state index contributed by atoms with van der Waals surface area (Å²) in [5.74, 6) is 0.0321. The van der Waals surface area contributed by atoms with Gasteiger partial charge < -0.3 is 15.5 Å². The van der Waals surface area contributed by atoms with Gasteiger partial charge in [0.05, 0.1) is 6.54 Å². The zero-order valence-corrected chi connectivity index (χ0v) is 13.2. The number of likely N-dealkylation sites (N-methyl/N-ethyl adjacent to an activating group) is 1. The third kappa shape index (κ3) is 6.23. The van der Waals surface area contributed by atoms with Gasteiger partial charge in [-0.3, -0.25) is 4.79 Å². The number of carbonyl (C=O) groups excluding carboxylic acids is 1. The van der Waals surface area contributed by atoms with Crippen LogP contribution in [-0.4, -0.2) is 41.1 Å². The molecule has 4 nitrogen and oxygen atoms in total. The lowest BCUT2D eigenvalue weighted by molar-refractivity contribution is -0.121. The van der Waals surface area contributed by atoms with E-state index in [1.165, 1.54) is 32.1 Å². The van der Waals surface area contributed by atoms with Crippen molar-refractivity contribution < 1.29 is 4.79 Å². The van der Waals surface area contributed by atoms with Gasteiger partial charge >= 0.3 is 0 Å². The van der Waals surface area contributed by atoms with E-state index in [9.17, 15) is 4.79 Å². The first kappa shape index (κ1) is 16.2. The molecule has 110 valence electrons. The summed E-state index contributed by atoms with van der Waals surface area (Å²) in [6.07, 6.45) is 6.27. The average molecular weight is 285 g/mol. The Morgan fingerprint density at radius 3 is 2.47 bits per heavy atom. The molecule has 0 bridgehead atoms. The minimum Gasteiger partial charge on any atom is -0.360 e. The van der Waals surface area contributed by atoms with Crippen molar-refractivity contribution >= 4 is 23.2 Å². The second-order valence-corrected chi connectivity index (χ2v) is 5.91.